The summed E-state index contributed by atoms with van der Waals surface area (Å²) in [5.74, 6) is 0.630. The van der Waals surface area contributed by atoms with Crippen LogP contribution in [0, 0.1) is 11.3 Å². The van der Waals surface area contributed by atoms with Crippen LogP contribution in [0.5, 0.6) is 11.5 Å². The van der Waals surface area contributed by atoms with Crippen molar-refractivity contribution in [2.75, 3.05) is 43.3 Å². The summed E-state index contributed by atoms with van der Waals surface area (Å²) in [5.41, 5.74) is 1.97. The lowest BCUT2D eigenvalue weighted by atomic mass is 10.1. The number of nitrogens with one attached hydrogen (secondary N) is 1. The highest BCUT2D eigenvalue weighted by Gasteiger charge is 2.20. The number of nitriles is 1. The molecule has 2 aliphatic rings. The largest absolute Gasteiger partial charge is 0.454 e. The first-order valence-electron chi connectivity index (χ1n) is 9.19. The van der Waals surface area contributed by atoms with Gasteiger partial charge >= 0.3 is 0 Å². The van der Waals surface area contributed by atoms with Crippen LogP contribution in [0.15, 0.2) is 40.4 Å². The summed E-state index contributed by atoms with van der Waals surface area (Å²) in [6.45, 7) is 2.76. The van der Waals surface area contributed by atoms with Crippen LogP contribution in [0.25, 0.3) is 6.08 Å². The molecule has 0 unspecified atom stereocenters. The maximum Gasteiger partial charge on any atom is 0.266 e. The minimum atomic E-state index is -0.525. The minimum Gasteiger partial charge on any atom is -0.454 e. The Morgan fingerprint density at radius 3 is 2.80 bits per heavy atom. The topological polar surface area (TPSA) is 83.8 Å². The molecule has 0 aliphatic carbocycles. The molecule has 2 heterocycles. The fraction of sp³-hybridized carbons (Fsp3) is 0.238. The van der Waals surface area contributed by atoms with Crippen LogP contribution in [-0.4, -0.2) is 39.0 Å². The van der Waals surface area contributed by atoms with E-state index in [9.17, 15) is 10.1 Å². The van der Waals surface area contributed by atoms with Gasteiger partial charge < -0.3 is 24.4 Å². The monoisotopic (exact) mass is 489 g/mol. The highest BCUT2D eigenvalue weighted by molar-refractivity contribution is 9.10. The predicted molar refractivity (Wildman–Crippen MR) is 117 cm³/mol. The maximum atomic E-state index is 12.9. The molecule has 0 spiro atoms. The molecule has 2 aliphatic heterocycles. The van der Waals surface area contributed by atoms with Gasteiger partial charge in [-0.05, 0) is 57.9 Å². The van der Waals surface area contributed by atoms with Crippen LogP contribution in [-0.2, 0) is 9.53 Å². The van der Waals surface area contributed by atoms with Crippen LogP contribution in [0.4, 0.5) is 11.4 Å². The molecular weight excluding hydrogens is 474 g/mol. The minimum absolute atomic E-state index is 0.0475. The van der Waals surface area contributed by atoms with Crippen molar-refractivity contribution in [3.05, 3.63) is 51.0 Å². The highest BCUT2D eigenvalue weighted by atomic mass is 79.9. The first kappa shape index (κ1) is 20.5. The zero-order chi connectivity index (χ0) is 21.1. The molecule has 154 valence electrons. The second-order valence-corrected chi connectivity index (χ2v) is 7.91. The summed E-state index contributed by atoms with van der Waals surface area (Å²) in [7, 11) is 0. The number of benzene rings is 2. The van der Waals surface area contributed by atoms with Crippen molar-refractivity contribution in [1.29, 1.82) is 5.26 Å². The molecule has 0 radical (unpaired) electrons. The Labute approximate surface area is 186 Å². The molecular formula is C21H17BrClN3O4. The lowest BCUT2D eigenvalue weighted by Crippen LogP contribution is -2.36. The number of morpholine rings is 1. The third-order valence-corrected chi connectivity index (χ3v) is 5.51. The number of nitrogens with zero attached hydrogens (tertiary/aromatic N) is 2. The van der Waals surface area contributed by atoms with Crippen LogP contribution >= 0.6 is 27.5 Å². The van der Waals surface area contributed by atoms with Gasteiger partial charge in [-0.1, -0.05) is 11.6 Å². The van der Waals surface area contributed by atoms with E-state index in [1.54, 1.807) is 24.3 Å². The number of carbonyl (C=O) groups is 1. The normalized spacial score (nSPS) is 15.6. The standard InChI is InChI=1S/C21H17BrClN3O4/c22-16-8-13(9-19-20(16)30-12-29-19)7-14(11-24)21(27)25-17-10-15(23)1-2-18(17)26-3-5-28-6-4-26/h1-2,7-10H,3-6,12H2,(H,25,27)/b14-7+. The van der Waals surface area contributed by atoms with Gasteiger partial charge in [-0.15, -0.1) is 0 Å². The number of fused-ring (bicyclic) bond motifs is 1. The number of rotatable bonds is 4. The van der Waals surface area contributed by atoms with Crippen molar-refractivity contribution < 1.29 is 19.0 Å². The van der Waals surface area contributed by atoms with Gasteiger partial charge in [-0.2, -0.15) is 5.26 Å². The Hall–Kier alpha value is -2.73. The van der Waals surface area contributed by atoms with Crippen LogP contribution < -0.4 is 19.7 Å². The van der Waals surface area contributed by atoms with Crippen molar-refractivity contribution in [3.63, 3.8) is 0 Å². The molecule has 2 aromatic rings. The van der Waals surface area contributed by atoms with Gasteiger partial charge in [0.05, 0.1) is 29.1 Å². The average Bonchev–Trinajstić information content (AvgIpc) is 3.22. The SMILES string of the molecule is N#C/C(=C\c1cc(Br)c2c(c1)OCO2)C(=O)Nc1cc(Cl)ccc1N1CCOCC1. The second kappa shape index (κ2) is 8.96. The van der Waals surface area contributed by atoms with Gasteiger partial charge in [0, 0.05) is 18.1 Å². The van der Waals surface area contributed by atoms with Crippen molar-refractivity contribution in [2.45, 2.75) is 0 Å². The Balaban J connectivity index is 1.60. The van der Waals surface area contributed by atoms with Crippen molar-refractivity contribution in [2.24, 2.45) is 0 Å². The zero-order valence-corrected chi connectivity index (χ0v) is 18.1. The Morgan fingerprint density at radius 2 is 2.03 bits per heavy atom. The Morgan fingerprint density at radius 1 is 1.23 bits per heavy atom. The second-order valence-electron chi connectivity index (χ2n) is 6.62. The fourth-order valence-electron chi connectivity index (χ4n) is 3.26. The van der Waals surface area contributed by atoms with Crippen LogP contribution in [0.3, 0.4) is 0 Å². The molecule has 9 heteroatoms. The Kier molecular flexibility index (Phi) is 6.13. The summed E-state index contributed by atoms with van der Waals surface area (Å²) in [6, 6.07) is 10.7. The molecule has 1 N–H and O–H groups in total. The van der Waals surface area contributed by atoms with E-state index in [-0.39, 0.29) is 12.4 Å². The molecule has 7 nitrogen and oxygen atoms in total. The lowest BCUT2D eigenvalue weighted by Gasteiger charge is -2.30. The first-order valence-corrected chi connectivity index (χ1v) is 10.4. The zero-order valence-electron chi connectivity index (χ0n) is 15.8. The quantitative estimate of drug-likeness (QED) is 0.510. The molecule has 2 aromatic carbocycles. The van der Waals surface area contributed by atoms with Gasteiger partial charge in [0.15, 0.2) is 11.5 Å². The number of halogens is 2. The van der Waals surface area contributed by atoms with Crippen LogP contribution in [0.1, 0.15) is 5.56 Å². The summed E-state index contributed by atoms with van der Waals surface area (Å²) in [5, 5.41) is 12.9. The van der Waals surface area contributed by atoms with Gasteiger partial charge in [-0.25, -0.2) is 0 Å². The molecule has 1 fully saturated rings. The van der Waals surface area contributed by atoms with Crippen molar-refractivity contribution in [3.8, 4) is 17.6 Å². The highest BCUT2D eigenvalue weighted by Crippen LogP contribution is 2.40. The van der Waals surface area contributed by atoms with E-state index in [0.29, 0.717) is 58.5 Å². The van der Waals surface area contributed by atoms with Gasteiger partial charge in [-0.3, -0.25) is 4.79 Å². The fourth-order valence-corrected chi connectivity index (χ4v) is 4.01. The average molecular weight is 491 g/mol. The third kappa shape index (κ3) is 4.38. The van der Waals surface area contributed by atoms with E-state index in [1.807, 2.05) is 12.1 Å². The van der Waals surface area contributed by atoms with Crippen LogP contribution in [0.2, 0.25) is 5.02 Å². The molecule has 30 heavy (non-hydrogen) atoms. The molecule has 1 saturated heterocycles. The number of hydrogen-bond acceptors (Lipinski definition) is 6. The first-order chi connectivity index (χ1) is 14.5. The van der Waals surface area contributed by atoms with Gasteiger partial charge in [0.1, 0.15) is 11.6 Å². The summed E-state index contributed by atoms with van der Waals surface area (Å²) < 4.78 is 16.8. The van der Waals surface area contributed by atoms with E-state index in [4.69, 9.17) is 25.8 Å². The molecule has 0 aromatic heterocycles. The number of anilines is 2. The molecule has 1 amide bonds. The number of ether oxygens (including phenoxy) is 3. The van der Waals surface area contributed by atoms with Crippen molar-refractivity contribution >= 4 is 50.9 Å². The number of amides is 1. The molecule has 0 saturated carbocycles. The van der Waals surface area contributed by atoms with Crippen molar-refractivity contribution in [1.82, 2.24) is 0 Å². The number of hydrogen-bond donors (Lipinski definition) is 1. The Bertz CT molecular complexity index is 1060. The van der Waals surface area contributed by atoms with E-state index < -0.39 is 5.91 Å². The summed E-state index contributed by atoms with van der Waals surface area (Å²) >= 11 is 9.56. The third-order valence-electron chi connectivity index (χ3n) is 4.68. The number of carbonyl (C=O) groups excluding carboxylic acids is 1. The maximum absolute atomic E-state index is 12.9. The predicted octanol–water partition coefficient (Wildman–Crippen LogP) is 4.21. The van der Waals surface area contributed by atoms with E-state index in [2.05, 4.69) is 26.1 Å². The molecule has 0 bridgehead atoms. The van der Waals surface area contributed by atoms with Gasteiger partial charge in [0.2, 0.25) is 6.79 Å². The summed E-state index contributed by atoms with van der Waals surface area (Å²) in [4.78, 5) is 15.0. The van der Waals surface area contributed by atoms with E-state index in [1.165, 1.54) is 6.08 Å². The summed E-state index contributed by atoms with van der Waals surface area (Å²) in [6.07, 6.45) is 1.50. The smallest absolute Gasteiger partial charge is 0.266 e. The van der Waals surface area contributed by atoms with E-state index in [0.717, 1.165) is 5.69 Å². The lowest BCUT2D eigenvalue weighted by molar-refractivity contribution is -0.112. The molecule has 4 rings (SSSR count). The van der Waals surface area contributed by atoms with Gasteiger partial charge in [0.25, 0.3) is 5.91 Å². The molecule has 0 atom stereocenters. The van der Waals surface area contributed by atoms with E-state index >= 15 is 0 Å².